The van der Waals surface area contributed by atoms with Crippen molar-refractivity contribution >= 4 is 33.7 Å². The van der Waals surface area contributed by atoms with E-state index in [4.69, 9.17) is 10.7 Å². The van der Waals surface area contributed by atoms with E-state index in [1.165, 1.54) is 0 Å². The highest BCUT2D eigenvalue weighted by Gasteiger charge is 2.20. The number of nitrogens with two attached hydrogens (primary N) is 1. The van der Waals surface area contributed by atoms with Gasteiger partial charge >= 0.3 is 0 Å². The van der Waals surface area contributed by atoms with Crippen LogP contribution in [0.25, 0.3) is 27.8 Å². The number of carbonyl (C=O) groups is 1. The number of aromatic amines is 1. The van der Waals surface area contributed by atoms with E-state index < -0.39 is 0 Å². The van der Waals surface area contributed by atoms with E-state index in [9.17, 15) is 4.79 Å². The lowest BCUT2D eigenvalue weighted by atomic mass is 9.96. The number of amides is 1. The van der Waals surface area contributed by atoms with Crippen molar-refractivity contribution in [3.63, 3.8) is 0 Å². The van der Waals surface area contributed by atoms with Gasteiger partial charge < -0.3 is 20.4 Å². The van der Waals surface area contributed by atoms with Crippen LogP contribution in [0.5, 0.6) is 0 Å². The van der Waals surface area contributed by atoms with Gasteiger partial charge in [0.15, 0.2) is 0 Å². The summed E-state index contributed by atoms with van der Waals surface area (Å²) >= 11 is 0. The summed E-state index contributed by atoms with van der Waals surface area (Å²) in [6.07, 6.45) is 9.59. The van der Waals surface area contributed by atoms with Crippen LogP contribution in [0.1, 0.15) is 38.4 Å². The number of nitrogens with zero attached hydrogens (tertiary/aromatic N) is 3. The lowest BCUT2D eigenvalue weighted by Gasteiger charge is -2.16. The first kappa shape index (κ1) is 22.7. The second kappa shape index (κ2) is 10.0. The highest BCUT2D eigenvalue weighted by Crippen LogP contribution is 2.31. The Morgan fingerprint density at radius 3 is 2.83 bits per heavy atom. The van der Waals surface area contributed by atoms with Gasteiger partial charge in [-0.1, -0.05) is 31.5 Å². The first-order chi connectivity index (χ1) is 17.1. The predicted molar refractivity (Wildman–Crippen MR) is 141 cm³/mol. The van der Waals surface area contributed by atoms with Crippen LogP contribution in [-0.4, -0.2) is 25.3 Å². The number of fused-ring (bicyclic) bond motifs is 2. The molecular weight excluding hydrogens is 436 g/mol. The quantitative estimate of drug-likeness (QED) is 0.254. The highest BCUT2D eigenvalue weighted by molar-refractivity contribution is 5.93. The standard InChI is InChI=1S/C28H30N6O/c1-2-8-19(28(35)31-21-11-6-15-30-18-21)10-5-14-25-33-26(27-22(29)12-7-16-34(25)27)24-17-20-9-3-4-13-23(20)32-24/h3-4,6-7,9,11-13,15-19,32H,2,5,8,10,14,29H2,1H3,(H,31,35). The maximum atomic E-state index is 12.9. The number of H-pyrrole nitrogens is 1. The van der Waals surface area contributed by atoms with Gasteiger partial charge in [0.1, 0.15) is 11.5 Å². The predicted octanol–water partition coefficient (Wildman–Crippen LogP) is 5.84. The van der Waals surface area contributed by atoms with Crippen LogP contribution in [0, 0.1) is 5.92 Å². The number of nitrogens with one attached hydrogen (secondary N) is 2. The Balaban J connectivity index is 1.36. The van der Waals surface area contributed by atoms with E-state index in [0.717, 1.165) is 71.4 Å². The molecule has 35 heavy (non-hydrogen) atoms. The molecule has 0 fully saturated rings. The molecule has 7 nitrogen and oxygen atoms in total. The molecule has 0 saturated carbocycles. The number of para-hydroxylation sites is 1. The second-order valence-electron chi connectivity index (χ2n) is 8.94. The Morgan fingerprint density at radius 2 is 2.03 bits per heavy atom. The van der Waals surface area contributed by atoms with Crippen LogP contribution in [0.4, 0.5) is 11.4 Å². The number of hydrogen-bond acceptors (Lipinski definition) is 4. The van der Waals surface area contributed by atoms with Crippen molar-refractivity contribution in [1.29, 1.82) is 0 Å². The summed E-state index contributed by atoms with van der Waals surface area (Å²) in [6, 6.07) is 17.9. The molecule has 4 heterocycles. The summed E-state index contributed by atoms with van der Waals surface area (Å²) in [5.41, 5.74) is 11.6. The summed E-state index contributed by atoms with van der Waals surface area (Å²) in [4.78, 5) is 25.5. The third-order valence-electron chi connectivity index (χ3n) is 6.44. The number of pyridine rings is 2. The lowest BCUT2D eigenvalue weighted by molar-refractivity contribution is -0.120. The third-order valence-corrected chi connectivity index (χ3v) is 6.44. The molecule has 0 saturated heterocycles. The lowest BCUT2D eigenvalue weighted by Crippen LogP contribution is -2.23. The molecule has 178 valence electrons. The summed E-state index contributed by atoms with van der Waals surface area (Å²) < 4.78 is 2.08. The zero-order valence-corrected chi connectivity index (χ0v) is 19.9. The first-order valence-electron chi connectivity index (χ1n) is 12.2. The zero-order chi connectivity index (χ0) is 24.2. The molecule has 1 aromatic carbocycles. The Bertz CT molecular complexity index is 1420. The van der Waals surface area contributed by atoms with Crippen molar-refractivity contribution < 1.29 is 4.79 Å². The number of aromatic nitrogens is 4. The molecule has 1 amide bonds. The minimum Gasteiger partial charge on any atom is -0.397 e. The molecule has 4 N–H and O–H groups in total. The van der Waals surface area contributed by atoms with Crippen molar-refractivity contribution in [2.24, 2.45) is 5.92 Å². The van der Waals surface area contributed by atoms with Gasteiger partial charge in [0, 0.05) is 35.6 Å². The van der Waals surface area contributed by atoms with Crippen LogP contribution in [0.15, 0.2) is 73.2 Å². The van der Waals surface area contributed by atoms with Crippen molar-refractivity contribution in [2.45, 2.75) is 39.0 Å². The van der Waals surface area contributed by atoms with E-state index in [-0.39, 0.29) is 11.8 Å². The van der Waals surface area contributed by atoms with E-state index in [2.05, 4.69) is 44.8 Å². The summed E-state index contributed by atoms with van der Waals surface area (Å²) in [6.45, 7) is 2.11. The summed E-state index contributed by atoms with van der Waals surface area (Å²) in [7, 11) is 0. The molecule has 0 spiro atoms. The largest absolute Gasteiger partial charge is 0.397 e. The topological polar surface area (TPSA) is 101 Å². The summed E-state index contributed by atoms with van der Waals surface area (Å²) in [5, 5.41) is 4.15. The Morgan fingerprint density at radius 1 is 1.14 bits per heavy atom. The molecule has 0 aliphatic carbocycles. The first-order valence-corrected chi connectivity index (χ1v) is 12.2. The fraction of sp³-hybridized carbons (Fsp3) is 0.250. The van der Waals surface area contributed by atoms with Crippen LogP contribution in [0.3, 0.4) is 0 Å². The Kier molecular flexibility index (Phi) is 6.48. The Labute approximate surface area is 204 Å². The van der Waals surface area contributed by atoms with Crippen molar-refractivity contribution in [3.8, 4) is 11.4 Å². The maximum absolute atomic E-state index is 12.9. The minimum atomic E-state index is -0.0512. The third kappa shape index (κ3) is 4.75. The van der Waals surface area contributed by atoms with E-state index >= 15 is 0 Å². The van der Waals surface area contributed by atoms with Crippen molar-refractivity contribution in [3.05, 3.63) is 79.0 Å². The molecular formula is C28H30N6O. The van der Waals surface area contributed by atoms with Crippen molar-refractivity contribution in [1.82, 2.24) is 19.4 Å². The van der Waals surface area contributed by atoms with Gasteiger partial charge in [-0.3, -0.25) is 9.78 Å². The van der Waals surface area contributed by atoms with Crippen LogP contribution < -0.4 is 11.1 Å². The van der Waals surface area contributed by atoms with Gasteiger partial charge in [-0.05, 0) is 55.7 Å². The molecule has 0 aliphatic heterocycles. The van der Waals surface area contributed by atoms with Crippen LogP contribution >= 0.6 is 0 Å². The minimum absolute atomic E-state index is 0.0512. The number of rotatable bonds is 9. The molecule has 0 radical (unpaired) electrons. The molecule has 5 rings (SSSR count). The van der Waals surface area contributed by atoms with E-state index in [1.54, 1.807) is 12.4 Å². The maximum Gasteiger partial charge on any atom is 0.227 e. The molecule has 4 aromatic heterocycles. The number of nitrogen functional groups attached to an aromatic ring is 1. The van der Waals surface area contributed by atoms with Gasteiger partial charge in [0.05, 0.1) is 28.8 Å². The number of anilines is 2. The number of hydrogen-bond donors (Lipinski definition) is 3. The molecule has 1 unspecified atom stereocenters. The second-order valence-corrected chi connectivity index (χ2v) is 8.94. The molecule has 5 aromatic rings. The SMILES string of the molecule is CCCC(CCCc1nc(-c2cc3ccccc3[nH]2)c2c(N)cccn12)C(=O)Nc1cccnc1. The van der Waals surface area contributed by atoms with Gasteiger partial charge in [-0.2, -0.15) is 0 Å². The van der Waals surface area contributed by atoms with Crippen LogP contribution in [-0.2, 0) is 11.2 Å². The fourth-order valence-corrected chi connectivity index (χ4v) is 4.73. The highest BCUT2D eigenvalue weighted by atomic mass is 16.1. The average Bonchev–Trinajstić information content (AvgIpc) is 3.46. The number of imidazole rings is 1. The molecule has 0 bridgehead atoms. The number of aryl methyl sites for hydroxylation is 1. The monoisotopic (exact) mass is 466 g/mol. The Hall–Kier alpha value is -4.13. The molecule has 1 atom stereocenters. The number of benzene rings is 1. The normalized spacial score (nSPS) is 12.3. The summed E-state index contributed by atoms with van der Waals surface area (Å²) in [5.74, 6) is 0.949. The van der Waals surface area contributed by atoms with Crippen LogP contribution in [0.2, 0.25) is 0 Å². The fourth-order valence-electron chi connectivity index (χ4n) is 4.73. The van der Waals surface area contributed by atoms with Gasteiger partial charge in [0.2, 0.25) is 5.91 Å². The van der Waals surface area contributed by atoms with Crippen molar-refractivity contribution in [2.75, 3.05) is 11.1 Å². The van der Waals surface area contributed by atoms with Gasteiger partial charge in [-0.15, -0.1) is 0 Å². The van der Waals surface area contributed by atoms with E-state index in [0.29, 0.717) is 5.69 Å². The zero-order valence-electron chi connectivity index (χ0n) is 19.9. The molecule has 0 aliphatic rings. The van der Waals surface area contributed by atoms with E-state index in [1.807, 2.05) is 42.6 Å². The number of carbonyl (C=O) groups excluding carboxylic acids is 1. The smallest absolute Gasteiger partial charge is 0.227 e. The average molecular weight is 467 g/mol. The molecule has 7 heteroatoms. The van der Waals surface area contributed by atoms with Gasteiger partial charge in [0.25, 0.3) is 0 Å². The van der Waals surface area contributed by atoms with Gasteiger partial charge in [-0.25, -0.2) is 4.98 Å².